The fraction of sp³-hybridized carbons (Fsp3) is 0.929. The molecule has 0 heterocycles. The minimum absolute atomic E-state index is 0.0244. The van der Waals surface area contributed by atoms with Gasteiger partial charge in [-0.15, -0.1) is 0 Å². The largest absolute Gasteiger partial charge is 0.465 e. The molecule has 0 bridgehead atoms. The molecule has 0 saturated heterocycles. The van der Waals surface area contributed by atoms with Gasteiger partial charge in [-0.25, -0.2) is 0 Å². The topological polar surface area (TPSA) is 26.3 Å². The van der Waals surface area contributed by atoms with Gasteiger partial charge in [0.1, 0.15) is 0 Å². The van der Waals surface area contributed by atoms with Crippen molar-refractivity contribution in [2.75, 3.05) is 6.61 Å². The number of hydrogen-bond donors (Lipinski definition) is 0. The second-order valence-corrected chi connectivity index (χ2v) is 5.03. The number of unbranched alkanes of at least 4 members (excludes halogenated alkanes) is 1. The van der Waals surface area contributed by atoms with Crippen molar-refractivity contribution in [3.05, 3.63) is 0 Å². The molecule has 2 nitrogen and oxygen atoms in total. The van der Waals surface area contributed by atoms with Gasteiger partial charge in [-0.1, -0.05) is 47.0 Å². The Balaban J connectivity index is 3.62. The Kier molecular flexibility index (Phi) is 9.36. The van der Waals surface area contributed by atoms with Crippen LogP contribution in [0.2, 0.25) is 0 Å². The lowest BCUT2D eigenvalue weighted by molar-refractivity contribution is -0.145. The summed E-state index contributed by atoms with van der Waals surface area (Å²) in [5.41, 5.74) is 0. The van der Waals surface area contributed by atoms with Crippen molar-refractivity contribution in [1.29, 1.82) is 0 Å². The third kappa shape index (κ3) is 8.75. The molecule has 0 aliphatic heterocycles. The molecule has 0 saturated carbocycles. The predicted molar refractivity (Wildman–Crippen MR) is 68.3 cm³/mol. The molecule has 1 atom stereocenters. The van der Waals surface area contributed by atoms with Crippen LogP contribution in [0.4, 0.5) is 0 Å². The maximum absolute atomic E-state index is 11.4. The number of hydrogen-bond acceptors (Lipinski definition) is 2. The van der Waals surface area contributed by atoms with E-state index in [4.69, 9.17) is 4.74 Å². The van der Waals surface area contributed by atoms with Crippen LogP contribution in [0.15, 0.2) is 0 Å². The zero-order valence-electron chi connectivity index (χ0n) is 11.4. The predicted octanol–water partition coefficient (Wildman–Crippen LogP) is 4.18. The number of carbonyl (C=O) groups is 1. The zero-order chi connectivity index (χ0) is 12.4. The van der Waals surface area contributed by atoms with Crippen LogP contribution >= 0.6 is 0 Å². The highest BCUT2D eigenvalue weighted by molar-refractivity contribution is 5.69. The molecule has 0 N–H and O–H groups in total. The highest BCUT2D eigenvalue weighted by atomic mass is 16.5. The van der Waals surface area contributed by atoms with E-state index < -0.39 is 0 Å². The number of esters is 1. The van der Waals surface area contributed by atoms with E-state index in [1.807, 2.05) is 0 Å². The zero-order valence-corrected chi connectivity index (χ0v) is 11.4. The maximum Gasteiger partial charge on any atom is 0.305 e. The third-order valence-corrected chi connectivity index (χ3v) is 2.95. The van der Waals surface area contributed by atoms with Gasteiger partial charge in [0.15, 0.2) is 0 Å². The molecule has 96 valence electrons. The monoisotopic (exact) mass is 228 g/mol. The molecule has 1 unspecified atom stereocenters. The number of carbonyl (C=O) groups excluding carboxylic acids is 1. The van der Waals surface area contributed by atoms with Crippen LogP contribution in [0.3, 0.4) is 0 Å². The Morgan fingerprint density at radius 2 is 1.88 bits per heavy atom. The van der Waals surface area contributed by atoms with Gasteiger partial charge < -0.3 is 4.74 Å². The first-order valence-corrected chi connectivity index (χ1v) is 6.75. The number of rotatable bonds is 9. The van der Waals surface area contributed by atoms with E-state index in [2.05, 4.69) is 27.7 Å². The second kappa shape index (κ2) is 9.68. The van der Waals surface area contributed by atoms with Crippen LogP contribution in [0.1, 0.15) is 66.2 Å². The van der Waals surface area contributed by atoms with E-state index >= 15 is 0 Å². The van der Waals surface area contributed by atoms with Crippen LogP contribution < -0.4 is 0 Å². The minimum Gasteiger partial charge on any atom is -0.465 e. The third-order valence-electron chi connectivity index (χ3n) is 2.95. The summed E-state index contributed by atoms with van der Waals surface area (Å²) < 4.78 is 5.30. The average molecular weight is 228 g/mol. The van der Waals surface area contributed by atoms with Crippen LogP contribution in [0.25, 0.3) is 0 Å². The van der Waals surface area contributed by atoms with Gasteiger partial charge in [0.05, 0.1) is 6.61 Å². The first-order valence-electron chi connectivity index (χ1n) is 6.75. The van der Waals surface area contributed by atoms with Crippen LogP contribution in [-0.4, -0.2) is 12.6 Å². The average Bonchev–Trinajstić information content (AvgIpc) is 2.26. The second-order valence-electron chi connectivity index (χ2n) is 5.03. The summed E-state index contributed by atoms with van der Waals surface area (Å²) in [6, 6.07) is 0. The smallest absolute Gasteiger partial charge is 0.305 e. The standard InChI is InChI=1S/C14H28O2/c1-5-7-8-13(6-2)11-16-14(15)10-9-12(3)4/h12-13H,5-11H2,1-4H3. The molecule has 0 fully saturated rings. The molecule has 0 aliphatic rings. The summed E-state index contributed by atoms with van der Waals surface area (Å²) in [7, 11) is 0. The Morgan fingerprint density at radius 1 is 1.19 bits per heavy atom. The molecule has 0 aromatic rings. The molecule has 16 heavy (non-hydrogen) atoms. The van der Waals surface area contributed by atoms with Gasteiger partial charge in [-0.05, 0) is 24.7 Å². The van der Waals surface area contributed by atoms with Crippen LogP contribution in [0, 0.1) is 11.8 Å². The van der Waals surface area contributed by atoms with E-state index in [0.29, 0.717) is 24.9 Å². The Bertz CT molecular complexity index is 176. The highest BCUT2D eigenvalue weighted by Crippen LogP contribution is 2.13. The van der Waals surface area contributed by atoms with Gasteiger partial charge in [0.25, 0.3) is 0 Å². The number of ether oxygens (including phenoxy) is 1. The SMILES string of the molecule is CCCCC(CC)COC(=O)CCC(C)C. The minimum atomic E-state index is -0.0244. The van der Waals surface area contributed by atoms with Crippen molar-refractivity contribution in [3.63, 3.8) is 0 Å². The lowest BCUT2D eigenvalue weighted by atomic mass is 10.0. The van der Waals surface area contributed by atoms with Crippen molar-refractivity contribution in [2.24, 2.45) is 11.8 Å². The highest BCUT2D eigenvalue weighted by Gasteiger charge is 2.10. The van der Waals surface area contributed by atoms with E-state index in [1.165, 1.54) is 19.3 Å². The Labute approximate surface area is 101 Å². The molecular weight excluding hydrogens is 200 g/mol. The summed E-state index contributed by atoms with van der Waals surface area (Å²) in [5.74, 6) is 1.11. The van der Waals surface area contributed by atoms with E-state index in [9.17, 15) is 4.79 Å². The van der Waals surface area contributed by atoms with Gasteiger partial charge in [0.2, 0.25) is 0 Å². The van der Waals surface area contributed by atoms with Crippen molar-refractivity contribution in [3.8, 4) is 0 Å². The van der Waals surface area contributed by atoms with Crippen molar-refractivity contribution in [1.82, 2.24) is 0 Å². The molecule has 0 aliphatic carbocycles. The quantitative estimate of drug-likeness (QED) is 0.553. The summed E-state index contributed by atoms with van der Waals surface area (Å²) in [5, 5.41) is 0. The first kappa shape index (κ1) is 15.5. The summed E-state index contributed by atoms with van der Waals surface area (Å²) in [4.78, 5) is 11.4. The van der Waals surface area contributed by atoms with Crippen molar-refractivity contribution >= 4 is 5.97 Å². The van der Waals surface area contributed by atoms with Gasteiger partial charge in [-0.2, -0.15) is 0 Å². The lowest BCUT2D eigenvalue weighted by Crippen LogP contribution is -2.14. The van der Waals surface area contributed by atoms with E-state index in [0.717, 1.165) is 12.8 Å². The summed E-state index contributed by atoms with van der Waals surface area (Å²) in [6.45, 7) is 9.24. The molecule has 0 radical (unpaired) electrons. The van der Waals surface area contributed by atoms with Crippen molar-refractivity contribution in [2.45, 2.75) is 66.2 Å². The Morgan fingerprint density at radius 3 is 2.38 bits per heavy atom. The lowest BCUT2D eigenvalue weighted by Gasteiger charge is -2.14. The van der Waals surface area contributed by atoms with E-state index in [1.54, 1.807) is 0 Å². The molecule has 2 heteroatoms. The van der Waals surface area contributed by atoms with Gasteiger partial charge in [0, 0.05) is 6.42 Å². The molecule has 0 amide bonds. The molecule has 0 aromatic heterocycles. The van der Waals surface area contributed by atoms with Gasteiger partial charge >= 0.3 is 5.97 Å². The summed E-state index contributed by atoms with van der Waals surface area (Å²) >= 11 is 0. The molecule has 0 rings (SSSR count). The molecule has 0 spiro atoms. The first-order chi connectivity index (χ1) is 7.60. The van der Waals surface area contributed by atoms with Crippen molar-refractivity contribution < 1.29 is 9.53 Å². The maximum atomic E-state index is 11.4. The van der Waals surface area contributed by atoms with E-state index in [-0.39, 0.29) is 5.97 Å². The molecular formula is C14H28O2. The fourth-order valence-electron chi connectivity index (χ4n) is 1.59. The Hall–Kier alpha value is -0.530. The van der Waals surface area contributed by atoms with Crippen LogP contribution in [-0.2, 0) is 9.53 Å². The summed E-state index contributed by atoms with van der Waals surface area (Å²) in [6.07, 6.45) is 6.26. The van der Waals surface area contributed by atoms with Gasteiger partial charge in [-0.3, -0.25) is 4.79 Å². The molecule has 0 aromatic carbocycles. The van der Waals surface area contributed by atoms with Crippen LogP contribution in [0.5, 0.6) is 0 Å². The normalized spacial score (nSPS) is 12.8. The fourth-order valence-corrected chi connectivity index (χ4v) is 1.59.